The van der Waals surface area contributed by atoms with E-state index < -0.39 is 11.6 Å². The first-order valence-electron chi connectivity index (χ1n) is 10.3. The van der Waals surface area contributed by atoms with Crippen LogP contribution >= 0.6 is 46.4 Å². The highest BCUT2D eigenvalue weighted by molar-refractivity contribution is 6.35. The van der Waals surface area contributed by atoms with Gasteiger partial charge in [0.25, 0.3) is 0 Å². The third-order valence-corrected chi connectivity index (χ3v) is 6.63. The fourth-order valence-corrected chi connectivity index (χ4v) is 4.48. The van der Waals surface area contributed by atoms with E-state index >= 15 is 0 Å². The van der Waals surface area contributed by atoms with Crippen LogP contribution in [0, 0.1) is 5.82 Å². The lowest BCUT2D eigenvalue weighted by atomic mass is 10.1. The lowest BCUT2D eigenvalue weighted by Gasteiger charge is -2.31. The van der Waals surface area contributed by atoms with Crippen LogP contribution in [0.1, 0.15) is 22.8 Å². The van der Waals surface area contributed by atoms with Crippen LogP contribution in [-0.2, 0) is 17.9 Å². The fourth-order valence-electron chi connectivity index (χ4n) is 3.55. The Balaban J connectivity index is 1.47. The van der Waals surface area contributed by atoms with Crippen molar-refractivity contribution in [3.8, 4) is 0 Å². The van der Waals surface area contributed by atoms with E-state index in [-0.39, 0.29) is 12.4 Å². The average Bonchev–Trinajstić information content (AvgIpc) is 3.26. The van der Waals surface area contributed by atoms with Gasteiger partial charge < -0.3 is 14.5 Å². The first kappa shape index (κ1) is 24.2. The minimum atomic E-state index is -0.494. The van der Waals surface area contributed by atoms with Gasteiger partial charge in [-0.1, -0.05) is 76.7 Å². The van der Waals surface area contributed by atoms with Crippen LogP contribution in [0.2, 0.25) is 15.1 Å². The molecule has 1 aliphatic heterocycles. The van der Waals surface area contributed by atoms with Crippen LogP contribution in [-0.4, -0.2) is 22.0 Å². The first-order chi connectivity index (χ1) is 15.9. The molecule has 0 fully saturated rings. The van der Waals surface area contributed by atoms with Crippen LogP contribution in [0.4, 0.5) is 4.39 Å². The summed E-state index contributed by atoms with van der Waals surface area (Å²) in [4.78, 5) is 4.09. The van der Waals surface area contributed by atoms with Crippen molar-refractivity contribution in [1.82, 2.24) is 9.80 Å². The number of benzene rings is 3. The summed E-state index contributed by atoms with van der Waals surface area (Å²) in [6, 6.07) is 19.2. The van der Waals surface area contributed by atoms with Crippen LogP contribution in [0.25, 0.3) is 0 Å². The molecule has 2 atom stereocenters. The third kappa shape index (κ3) is 6.34. The summed E-state index contributed by atoms with van der Waals surface area (Å²) in [5.41, 5.74) is 2.23. The number of nitrogens with zero attached hydrogens (tertiary/aromatic N) is 2. The van der Waals surface area contributed by atoms with E-state index in [1.807, 2.05) is 47.6 Å². The SMILES string of the molecule is Fc1ccc(CN2C=CN(C(Cl)C(OCc3ccc(Cl)cc3Cl)c3ccc(Cl)cc3)C2)cc1. The molecule has 0 aliphatic carbocycles. The van der Waals surface area contributed by atoms with E-state index in [1.54, 1.807) is 24.3 Å². The molecule has 8 heteroatoms. The molecule has 0 radical (unpaired) electrons. The van der Waals surface area contributed by atoms with E-state index in [4.69, 9.17) is 51.1 Å². The number of hydrogen-bond donors (Lipinski definition) is 0. The maximum atomic E-state index is 13.2. The Kier molecular flexibility index (Phi) is 8.05. The summed E-state index contributed by atoms with van der Waals surface area (Å²) in [7, 11) is 0. The normalized spacial score (nSPS) is 15.2. The summed E-state index contributed by atoms with van der Waals surface area (Å²) in [5, 5.41) is 1.74. The molecule has 0 amide bonds. The second kappa shape index (κ2) is 11.0. The molecule has 0 N–H and O–H groups in total. The second-order valence-electron chi connectivity index (χ2n) is 7.72. The lowest BCUT2D eigenvalue weighted by molar-refractivity contribution is 0.00658. The molecule has 0 bridgehead atoms. The van der Waals surface area contributed by atoms with E-state index in [9.17, 15) is 4.39 Å². The molecule has 2 unspecified atom stereocenters. The highest BCUT2D eigenvalue weighted by Crippen LogP contribution is 2.33. The summed E-state index contributed by atoms with van der Waals surface area (Å²) in [6.07, 6.45) is 3.45. The Hall–Kier alpha value is -1.95. The van der Waals surface area contributed by atoms with Crippen LogP contribution < -0.4 is 0 Å². The van der Waals surface area contributed by atoms with Gasteiger partial charge in [-0.15, -0.1) is 0 Å². The Labute approximate surface area is 212 Å². The maximum absolute atomic E-state index is 13.2. The monoisotopic (exact) mass is 524 g/mol. The van der Waals surface area contributed by atoms with E-state index in [0.717, 1.165) is 16.7 Å². The molecule has 3 aromatic rings. The van der Waals surface area contributed by atoms with Crippen molar-refractivity contribution >= 4 is 46.4 Å². The summed E-state index contributed by atoms with van der Waals surface area (Å²) >= 11 is 25.4. The van der Waals surface area contributed by atoms with Crippen molar-refractivity contribution in [1.29, 1.82) is 0 Å². The highest BCUT2D eigenvalue weighted by atomic mass is 35.5. The largest absolute Gasteiger partial charge is 0.365 e. The van der Waals surface area contributed by atoms with E-state index in [2.05, 4.69) is 4.90 Å². The Bertz CT molecular complexity index is 1110. The number of alkyl halides is 1. The van der Waals surface area contributed by atoms with Crippen molar-refractivity contribution in [3.63, 3.8) is 0 Å². The quantitative estimate of drug-likeness (QED) is 0.220. The number of ether oxygens (including phenoxy) is 1. The first-order valence-corrected chi connectivity index (χ1v) is 11.8. The van der Waals surface area contributed by atoms with Gasteiger partial charge >= 0.3 is 0 Å². The molecule has 3 nitrogen and oxygen atoms in total. The van der Waals surface area contributed by atoms with Crippen LogP contribution in [0.15, 0.2) is 79.1 Å². The Morgan fingerprint density at radius 1 is 0.879 bits per heavy atom. The zero-order chi connectivity index (χ0) is 23.4. The minimum absolute atomic E-state index is 0.248. The minimum Gasteiger partial charge on any atom is -0.365 e. The number of halogens is 5. The molecular formula is C25H21Cl4FN2O. The average molecular weight is 526 g/mol. The van der Waals surface area contributed by atoms with E-state index in [1.165, 1.54) is 12.1 Å². The van der Waals surface area contributed by atoms with Gasteiger partial charge in [0.1, 0.15) is 17.4 Å². The molecule has 0 saturated heterocycles. The fraction of sp³-hybridized carbons (Fsp3) is 0.200. The lowest BCUT2D eigenvalue weighted by Crippen LogP contribution is -2.35. The zero-order valence-corrected chi connectivity index (χ0v) is 20.5. The van der Waals surface area contributed by atoms with Crippen molar-refractivity contribution in [2.75, 3.05) is 6.67 Å². The van der Waals surface area contributed by atoms with Crippen LogP contribution in [0.5, 0.6) is 0 Å². The van der Waals surface area contributed by atoms with Crippen molar-refractivity contribution in [3.05, 3.63) is 117 Å². The van der Waals surface area contributed by atoms with Crippen molar-refractivity contribution in [2.45, 2.75) is 24.8 Å². The van der Waals surface area contributed by atoms with Gasteiger partial charge in [0.2, 0.25) is 0 Å². The predicted molar refractivity (Wildman–Crippen MR) is 133 cm³/mol. The summed E-state index contributed by atoms with van der Waals surface area (Å²) in [6.45, 7) is 1.48. The smallest absolute Gasteiger partial charge is 0.135 e. The van der Waals surface area contributed by atoms with Gasteiger partial charge in [0.15, 0.2) is 0 Å². The molecule has 172 valence electrons. The Morgan fingerprint density at radius 3 is 2.27 bits per heavy atom. The molecular weight excluding hydrogens is 505 g/mol. The molecule has 0 saturated carbocycles. The van der Waals surface area contributed by atoms with E-state index in [0.29, 0.717) is 28.3 Å². The Morgan fingerprint density at radius 2 is 1.58 bits per heavy atom. The highest BCUT2D eigenvalue weighted by Gasteiger charge is 2.29. The second-order valence-corrected chi connectivity index (χ2v) is 9.45. The molecule has 3 aromatic carbocycles. The molecule has 1 heterocycles. The molecule has 4 rings (SSSR count). The molecule has 0 aromatic heterocycles. The van der Waals surface area contributed by atoms with Gasteiger partial charge in [-0.05, 0) is 53.1 Å². The maximum Gasteiger partial charge on any atom is 0.135 e. The van der Waals surface area contributed by atoms with Gasteiger partial charge in [0, 0.05) is 34.0 Å². The van der Waals surface area contributed by atoms with Gasteiger partial charge in [-0.25, -0.2) is 4.39 Å². The van der Waals surface area contributed by atoms with Crippen molar-refractivity contribution < 1.29 is 9.13 Å². The molecule has 33 heavy (non-hydrogen) atoms. The van der Waals surface area contributed by atoms with Gasteiger partial charge in [-0.2, -0.15) is 0 Å². The van der Waals surface area contributed by atoms with Crippen molar-refractivity contribution in [2.24, 2.45) is 0 Å². The molecule has 1 aliphatic rings. The summed E-state index contributed by atoms with van der Waals surface area (Å²) < 4.78 is 19.5. The predicted octanol–water partition coefficient (Wildman–Crippen LogP) is 7.86. The standard InChI is InChI=1S/C25H21Cl4FN2O/c26-20-6-3-18(4-7-20)24(33-15-19-5-8-21(27)13-23(19)28)25(29)32-12-11-31(16-32)14-17-1-9-22(30)10-2-17/h1-13,24-25H,14-16H2. The topological polar surface area (TPSA) is 15.7 Å². The van der Waals surface area contributed by atoms with Gasteiger partial charge in [-0.3, -0.25) is 0 Å². The number of hydrogen-bond acceptors (Lipinski definition) is 3. The molecule has 0 spiro atoms. The third-order valence-electron chi connectivity index (χ3n) is 5.31. The zero-order valence-electron chi connectivity index (χ0n) is 17.5. The number of rotatable bonds is 8. The van der Waals surface area contributed by atoms with Crippen LogP contribution in [0.3, 0.4) is 0 Å². The van der Waals surface area contributed by atoms with Gasteiger partial charge in [0.05, 0.1) is 13.3 Å². The summed E-state index contributed by atoms with van der Waals surface area (Å²) in [5.74, 6) is -0.248.